The summed E-state index contributed by atoms with van der Waals surface area (Å²) < 4.78 is 13.2. The van der Waals surface area contributed by atoms with E-state index in [2.05, 4.69) is 10.3 Å². The number of halogens is 1. The van der Waals surface area contributed by atoms with Gasteiger partial charge in [-0.05, 0) is 26.0 Å². The quantitative estimate of drug-likeness (QED) is 0.771. The van der Waals surface area contributed by atoms with E-state index in [4.69, 9.17) is 5.11 Å². The molecule has 6 heteroatoms. The Hall–Kier alpha value is -1.98. The van der Waals surface area contributed by atoms with Crippen molar-refractivity contribution in [3.8, 4) is 0 Å². The monoisotopic (exact) mass is 240 g/mol. The Morgan fingerprint density at radius 3 is 2.65 bits per heavy atom. The summed E-state index contributed by atoms with van der Waals surface area (Å²) in [6.07, 6.45) is 1.23. The molecule has 1 rings (SSSR count). The van der Waals surface area contributed by atoms with E-state index in [0.29, 0.717) is 0 Å². The Morgan fingerprint density at radius 1 is 1.47 bits per heavy atom. The minimum Gasteiger partial charge on any atom is -0.481 e. The molecular formula is C11H13FN2O3. The predicted octanol–water partition coefficient (Wildman–Crippen LogP) is 1.06. The lowest BCUT2D eigenvalue weighted by molar-refractivity contribution is -0.141. The molecule has 1 aromatic heterocycles. The van der Waals surface area contributed by atoms with Crippen LogP contribution in [0.25, 0.3) is 0 Å². The van der Waals surface area contributed by atoms with Crippen LogP contribution in [0.15, 0.2) is 18.3 Å². The summed E-state index contributed by atoms with van der Waals surface area (Å²) >= 11 is 0. The maximum absolute atomic E-state index is 13.2. The Labute approximate surface area is 97.7 Å². The van der Waals surface area contributed by atoms with Crippen LogP contribution in [0.5, 0.6) is 0 Å². The first kappa shape index (κ1) is 13.1. The molecule has 0 aliphatic rings. The molecule has 0 aromatic carbocycles. The van der Waals surface area contributed by atoms with Crippen LogP contribution in [0.2, 0.25) is 0 Å². The van der Waals surface area contributed by atoms with Crippen LogP contribution in [-0.2, 0) is 4.79 Å². The highest BCUT2D eigenvalue weighted by Crippen LogP contribution is 2.06. The molecule has 1 aromatic rings. The number of carbonyl (C=O) groups is 2. The number of aliphatic carboxylic acids is 1. The normalized spacial score (nSPS) is 13.8. The van der Waals surface area contributed by atoms with E-state index >= 15 is 0 Å². The van der Waals surface area contributed by atoms with Gasteiger partial charge in [0.15, 0.2) is 0 Å². The number of carboxylic acids is 1. The van der Waals surface area contributed by atoms with Crippen LogP contribution < -0.4 is 5.32 Å². The van der Waals surface area contributed by atoms with Crippen molar-refractivity contribution in [3.05, 3.63) is 29.8 Å². The first-order chi connectivity index (χ1) is 7.93. The number of aromatic nitrogens is 1. The van der Waals surface area contributed by atoms with Crippen LogP contribution in [0.1, 0.15) is 24.2 Å². The van der Waals surface area contributed by atoms with Gasteiger partial charge in [-0.2, -0.15) is 4.39 Å². The van der Waals surface area contributed by atoms with Crippen molar-refractivity contribution in [3.63, 3.8) is 0 Å². The van der Waals surface area contributed by atoms with Gasteiger partial charge in [-0.3, -0.25) is 9.59 Å². The van der Waals surface area contributed by atoms with Gasteiger partial charge < -0.3 is 10.4 Å². The first-order valence-corrected chi connectivity index (χ1v) is 5.07. The van der Waals surface area contributed by atoms with E-state index in [1.54, 1.807) is 6.92 Å². The number of hydrogen-bond donors (Lipinski definition) is 2. The molecule has 92 valence electrons. The molecule has 1 amide bonds. The topological polar surface area (TPSA) is 79.3 Å². The van der Waals surface area contributed by atoms with Crippen LogP contribution in [0.3, 0.4) is 0 Å². The third kappa shape index (κ3) is 3.24. The summed E-state index contributed by atoms with van der Waals surface area (Å²) in [7, 11) is 0. The summed E-state index contributed by atoms with van der Waals surface area (Å²) in [5.74, 6) is -3.32. The number of carboxylic acid groups (broad SMARTS) is 1. The third-order valence-electron chi connectivity index (χ3n) is 2.50. The van der Waals surface area contributed by atoms with E-state index < -0.39 is 29.8 Å². The standard InChI is InChI=1S/C11H13FN2O3/c1-6(11(16)17)7(2)14-10(15)8-4-3-5-13-9(8)12/h3-7H,1-2H3,(H,14,15)(H,16,17). The predicted molar refractivity (Wildman–Crippen MR) is 57.9 cm³/mol. The lowest BCUT2D eigenvalue weighted by atomic mass is 10.0. The second-order valence-electron chi connectivity index (χ2n) is 3.73. The van der Waals surface area contributed by atoms with Gasteiger partial charge in [0.05, 0.1) is 11.5 Å². The smallest absolute Gasteiger partial charge is 0.308 e. The number of rotatable bonds is 4. The third-order valence-corrected chi connectivity index (χ3v) is 2.50. The van der Waals surface area contributed by atoms with Gasteiger partial charge in [0.25, 0.3) is 5.91 Å². The minimum atomic E-state index is -1.02. The molecule has 0 saturated carbocycles. The largest absolute Gasteiger partial charge is 0.481 e. The summed E-state index contributed by atoms with van der Waals surface area (Å²) in [5, 5.41) is 11.2. The molecule has 2 atom stereocenters. The fraction of sp³-hybridized carbons (Fsp3) is 0.364. The average Bonchev–Trinajstić information content (AvgIpc) is 2.28. The number of nitrogens with zero attached hydrogens (tertiary/aromatic N) is 1. The molecule has 5 nitrogen and oxygen atoms in total. The van der Waals surface area contributed by atoms with Gasteiger partial charge in [0.1, 0.15) is 0 Å². The zero-order valence-corrected chi connectivity index (χ0v) is 9.48. The Morgan fingerprint density at radius 2 is 2.12 bits per heavy atom. The van der Waals surface area contributed by atoms with Crippen molar-refractivity contribution in [2.24, 2.45) is 5.92 Å². The zero-order chi connectivity index (χ0) is 13.0. The van der Waals surface area contributed by atoms with Crippen molar-refractivity contribution in [1.29, 1.82) is 0 Å². The van der Waals surface area contributed by atoms with Gasteiger partial charge in [-0.15, -0.1) is 0 Å². The van der Waals surface area contributed by atoms with Gasteiger partial charge >= 0.3 is 5.97 Å². The van der Waals surface area contributed by atoms with Crippen molar-refractivity contribution in [2.75, 3.05) is 0 Å². The molecule has 0 saturated heterocycles. The van der Waals surface area contributed by atoms with Gasteiger partial charge in [-0.1, -0.05) is 0 Å². The van der Waals surface area contributed by atoms with E-state index in [1.807, 2.05) is 0 Å². The Balaban J connectivity index is 2.74. The van der Waals surface area contributed by atoms with E-state index in [-0.39, 0.29) is 5.56 Å². The molecule has 0 radical (unpaired) electrons. The number of carbonyl (C=O) groups excluding carboxylic acids is 1. The van der Waals surface area contributed by atoms with E-state index in [9.17, 15) is 14.0 Å². The highest BCUT2D eigenvalue weighted by atomic mass is 19.1. The van der Waals surface area contributed by atoms with Crippen molar-refractivity contribution in [1.82, 2.24) is 10.3 Å². The van der Waals surface area contributed by atoms with Crippen LogP contribution in [0, 0.1) is 11.9 Å². The Bertz CT molecular complexity index is 436. The number of pyridine rings is 1. The summed E-state index contributed by atoms with van der Waals surface area (Å²) in [4.78, 5) is 25.7. The molecule has 0 spiro atoms. The fourth-order valence-electron chi connectivity index (χ4n) is 1.18. The van der Waals surface area contributed by atoms with Crippen LogP contribution >= 0.6 is 0 Å². The maximum Gasteiger partial charge on any atom is 0.308 e. The number of hydrogen-bond acceptors (Lipinski definition) is 3. The SMILES string of the molecule is CC(NC(=O)c1cccnc1F)C(C)C(=O)O. The molecule has 17 heavy (non-hydrogen) atoms. The highest BCUT2D eigenvalue weighted by molar-refractivity contribution is 5.94. The summed E-state index contributed by atoms with van der Waals surface area (Å²) in [6.45, 7) is 3.01. The maximum atomic E-state index is 13.2. The van der Waals surface area contributed by atoms with Gasteiger partial charge in [0, 0.05) is 12.2 Å². The molecule has 2 unspecified atom stereocenters. The van der Waals surface area contributed by atoms with Gasteiger partial charge in [0.2, 0.25) is 5.95 Å². The molecular weight excluding hydrogens is 227 g/mol. The van der Waals surface area contributed by atoms with Crippen LogP contribution in [0.4, 0.5) is 4.39 Å². The minimum absolute atomic E-state index is 0.197. The first-order valence-electron chi connectivity index (χ1n) is 5.07. The lowest BCUT2D eigenvalue weighted by Crippen LogP contribution is -2.40. The second kappa shape index (κ2) is 5.38. The number of amides is 1. The zero-order valence-electron chi connectivity index (χ0n) is 9.48. The van der Waals surface area contributed by atoms with Crippen LogP contribution in [-0.4, -0.2) is 28.0 Å². The summed E-state index contributed by atoms with van der Waals surface area (Å²) in [5.41, 5.74) is -0.197. The van der Waals surface area contributed by atoms with Crippen molar-refractivity contribution in [2.45, 2.75) is 19.9 Å². The lowest BCUT2D eigenvalue weighted by Gasteiger charge is -2.17. The molecule has 2 N–H and O–H groups in total. The molecule has 0 aliphatic carbocycles. The highest BCUT2D eigenvalue weighted by Gasteiger charge is 2.22. The molecule has 1 heterocycles. The van der Waals surface area contributed by atoms with Crippen molar-refractivity contribution < 1.29 is 19.1 Å². The number of nitrogens with one attached hydrogen (secondary N) is 1. The molecule has 0 bridgehead atoms. The van der Waals surface area contributed by atoms with E-state index in [1.165, 1.54) is 25.3 Å². The summed E-state index contributed by atoms with van der Waals surface area (Å²) in [6, 6.07) is 2.12. The van der Waals surface area contributed by atoms with Crippen molar-refractivity contribution >= 4 is 11.9 Å². The van der Waals surface area contributed by atoms with E-state index in [0.717, 1.165) is 0 Å². The molecule has 0 aliphatic heterocycles. The fourth-order valence-corrected chi connectivity index (χ4v) is 1.18. The van der Waals surface area contributed by atoms with Gasteiger partial charge in [-0.25, -0.2) is 4.98 Å². The Kier molecular flexibility index (Phi) is 4.14. The second-order valence-corrected chi connectivity index (χ2v) is 3.73. The molecule has 0 fully saturated rings. The average molecular weight is 240 g/mol.